The Bertz CT molecular complexity index is 1260. The maximum Gasteiger partial charge on any atom is 0.420 e. The first-order valence-corrected chi connectivity index (χ1v) is 10.3. The van der Waals surface area contributed by atoms with Crippen molar-refractivity contribution in [1.82, 2.24) is 4.57 Å². The van der Waals surface area contributed by atoms with Crippen LogP contribution in [-0.2, 0) is 28.9 Å². The molecule has 0 saturated heterocycles. The summed E-state index contributed by atoms with van der Waals surface area (Å²) >= 11 is 1.43. The number of rotatable bonds is 4. The molecule has 0 aliphatic heterocycles. The lowest BCUT2D eigenvalue weighted by atomic mass is 9.89. The molecule has 1 aromatic carbocycles. The lowest BCUT2D eigenvalue weighted by molar-refractivity contribution is -0.116. The predicted molar refractivity (Wildman–Crippen MR) is 111 cm³/mol. The van der Waals surface area contributed by atoms with Gasteiger partial charge < -0.3 is 14.5 Å². The average molecular weight is 425 g/mol. The van der Waals surface area contributed by atoms with Gasteiger partial charge in [-0.3, -0.25) is 9.36 Å². The second kappa shape index (κ2) is 7.80. The topological polar surface area (TPSA) is 114 Å². The lowest BCUT2D eigenvalue weighted by Crippen LogP contribution is -2.24. The van der Waals surface area contributed by atoms with E-state index in [9.17, 15) is 19.6 Å². The molecule has 0 radical (unpaired) electrons. The first-order chi connectivity index (χ1) is 14.4. The lowest BCUT2D eigenvalue weighted by Gasteiger charge is -2.17. The second-order valence-electron chi connectivity index (χ2n) is 7.34. The first kappa shape index (κ1) is 19.9. The Morgan fingerprint density at radius 2 is 2.23 bits per heavy atom. The minimum absolute atomic E-state index is 0.189. The van der Waals surface area contributed by atoms with E-state index in [1.54, 1.807) is 0 Å². The van der Waals surface area contributed by atoms with Crippen molar-refractivity contribution in [2.45, 2.75) is 32.7 Å². The number of fused-ring (bicyclic) bond motifs is 2. The van der Waals surface area contributed by atoms with Gasteiger partial charge >= 0.3 is 11.7 Å². The molecule has 0 spiro atoms. The molecule has 4 rings (SSSR count). The van der Waals surface area contributed by atoms with Crippen molar-refractivity contribution >= 4 is 39.3 Å². The smallest absolute Gasteiger partial charge is 0.420 e. The molecule has 9 heteroatoms. The number of nitriles is 1. The summed E-state index contributed by atoms with van der Waals surface area (Å²) in [5, 5.41) is 12.9. The van der Waals surface area contributed by atoms with E-state index < -0.39 is 17.6 Å². The third-order valence-corrected chi connectivity index (χ3v) is 6.44. The number of methoxy groups -OCH3 is 1. The quantitative estimate of drug-likeness (QED) is 0.643. The maximum atomic E-state index is 12.7. The molecule has 2 heterocycles. The zero-order valence-corrected chi connectivity index (χ0v) is 17.3. The molecule has 1 aliphatic carbocycles. The van der Waals surface area contributed by atoms with Gasteiger partial charge in [-0.2, -0.15) is 5.26 Å². The Morgan fingerprint density at radius 1 is 1.43 bits per heavy atom. The molecule has 3 aromatic rings. The molecule has 1 amide bonds. The summed E-state index contributed by atoms with van der Waals surface area (Å²) < 4.78 is 11.0. The number of thiophene rings is 1. The molecule has 1 aliphatic rings. The molecule has 154 valence electrons. The van der Waals surface area contributed by atoms with Crippen molar-refractivity contribution in [2.75, 3.05) is 12.4 Å². The highest BCUT2D eigenvalue weighted by molar-refractivity contribution is 7.16. The number of anilines is 1. The number of carbonyl (C=O) groups excluding carboxylic acids is 2. The summed E-state index contributed by atoms with van der Waals surface area (Å²) in [6.45, 7) is 1.91. The highest BCUT2D eigenvalue weighted by atomic mass is 32.1. The van der Waals surface area contributed by atoms with Gasteiger partial charge in [-0.1, -0.05) is 6.92 Å². The minimum Gasteiger partial charge on any atom is -0.465 e. The van der Waals surface area contributed by atoms with Crippen LogP contribution >= 0.6 is 11.3 Å². The number of amides is 1. The van der Waals surface area contributed by atoms with E-state index >= 15 is 0 Å². The van der Waals surface area contributed by atoms with E-state index in [2.05, 4.69) is 23.0 Å². The van der Waals surface area contributed by atoms with Crippen LogP contribution in [0.3, 0.4) is 0 Å². The van der Waals surface area contributed by atoms with Crippen LogP contribution in [0.4, 0.5) is 5.00 Å². The Kier molecular flexibility index (Phi) is 5.18. The predicted octanol–water partition coefficient (Wildman–Crippen LogP) is 3.08. The molecule has 30 heavy (non-hydrogen) atoms. The molecule has 8 nitrogen and oxygen atoms in total. The van der Waals surface area contributed by atoms with Gasteiger partial charge in [0.25, 0.3) is 0 Å². The summed E-state index contributed by atoms with van der Waals surface area (Å²) in [7, 11) is 1.26. The zero-order chi connectivity index (χ0) is 21.4. The van der Waals surface area contributed by atoms with Crippen LogP contribution in [0.25, 0.3) is 11.1 Å². The van der Waals surface area contributed by atoms with Gasteiger partial charge in [0.05, 0.1) is 23.8 Å². The van der Waals surface area contributed by atoms with Gasteiger partial charge in [-0.15, -0.1) is 11.3 Å². The van der Waals surface area contributed by atoms with Crippen molar-refractivity contribution in [3.05, 3.63) is 50.3 Å². The number of nitrogens with one attached hydrogen (secondary N) is 1. The zero-order valence-electron chi connectivity index (χ0n) is 16.5. The molecule has 1 N–H and O–H groups in total. The van der Waals surface area contributed by atoms with Gasteiger partial charge in [-0.05, 0) is 48.9 Å². The highest BCUT2D eigenvalue weighted by Gasteiger charge is 2.25. The summed E-state index contributed by atoms with van der Waals surface area (Å²) in [5.74, 6) is -1.14. The summed E-state index contributed by atoms with van der Waals surface area (Å²) in [6.07, 6.45) is 2.76. The Morgan fingerprint density at radius 3 is 2.97 bits per heavy atom. The van der Waals surface area contributed by atoms with Crippen molar-refractivity contribution in [2.24, 2.45) is 5.92 Å². The Labute approximate surface area is 175 Å². The standard InChI is InChI=1S/C21H19N3O5S/c1-11-3-5-13-14(9-22)19(30-17(13)7-11)23-18(25)10-24-15-6-4-12(20(26)28-2)8-16(15)29-21(24)27/h4,6,8,11H,3,5,7,10H2,1-2H3,(H,23,25). The minimum atomic E-state index is -0.707. The highest BCUT2D eigenvalue weighted by Crippen LogP contribution is 2.39. The largest absolute Gasteiger partial charge is 0.465 e. The SMILES string of the molecule is COC(=O)c1ccc2c(c1)oc(=O)n2CC(=O)Nc1sc2c(c1C#N)CCC(C)C2. The number of hydrogen-bond donors (Lipinski definition) is 1. The molecule has 2 aromatic heterocycles. The van der Waals surface area contributed by atoms with Gasteiger partial charge in [0.1, 0.15) is 17.6 Å². The second-order valence-corrected chi connectivity index (χ2v) is 8.45. The fourth-order valence-corrected chi connectivity index (χ4v) is 5.11. The van der Waals surface area contributed by atoms with Crippen LogP contribution < -0.4 is 11.1 Å². The van der Waals surface area contributed by atoms with Gasteiger partial charge in [0.2, 0.25) is 5.91 Å². The van der Waals surface area contributed by atoms with Crippen LogP contribution in [0, 0.1) is 17.2 Å². The van der Waals surface area contributed by atoms with Crippen molar-refractivity contribution in [1.29, 1.82) is 5.26 Å². The number of hydrogen-bond acceptors (Lipinski definition) is 7. The van der Waals surface area contributed by atoms with E-state index in [0.717, 1.165) is 29.7 Å². The molecular formula is C21H19N3O5S. The molecular weight excluding hydrogens is 406 g/mol. The molecule has 1 unspecified atom stereocenters. The molecule has 1 atom stereocenters. The summed E-state index contributed by atoms with van der Waals surface area (Å²) in [4.78, 5) is 37.7. The number of ether oxygens (including phenoxy) is 1. The third-order valence-electron chi connectivity index (χ3n) is 5.27. The monoisotopic (exact) mass is 425 g/mol. The molecule has 0 saturated carbocycles. The fraction of sp³-hybridized carbons (Fsp3) is 0.333. The maximum absolute atomic E-state index is 12.7. The first-order valence-electron chi connectivity index (χ1n) is 9.47. The van der Waals surface area contributed by atoms with E-state index in [1.807, 2.05) is 0 Å². The van der Waals surface area contributed by atoms with Crippen molar-refractivity contribution in [3.63, 3.8) is 0 Å². The Hall–Kier alpha value is -3.38. The van der Waals surface area contributed by atoms with E-state index in [-0.39, 0.29) is 17.7 Å². The van der Waals surface area contributed by atoms with Crippen LogP contribution in [0.5, 0.6) is 0 Å². The summed E-state index contributed by atoms with van der Waals surface area (Å²) in [5.41, 5.74) is 2.36. The number of oxazole rings is 1. The van der Waals surface area contributed by atoms with Crippen molar-refractivity contribution < 1.29 is 18.7 Å². The third kappa shape index (κ3) is 3.50. The average Bonchev–Trinajstić information content (AvgIpc) is 3.22. The number of nitrogens with zero attached hydrogens (tertiary/aromatic N) is 2. The number of esters is 1. The normalized spacial score (nSPS) is 15.4. The van der Waals surface area contributed by atoms with Gasteiger partial charge in [0.15, 0.2) is 5.58 Å². The Balaban J connectivity index is 1.59. The van der Waals surface area contributed by atoms with Crippen molar-refractivity contribution in [3.8, 4) is 6.07 Å². The molecule has 0 fully saturated rings. The van der Waals surface area contributed by atoms with Crippen LogP contribution in [-0.4, -0.2) is 23.6 Å². The summed E-state index contributed by atoms with van der Waals surface area (Å²) in [6, 6.07) is 6.65. The van der Waals surface area contributed by atoms with E-state index in [1.165, 1.54) is 41.2 Å². The van der Waals surface area contributed by atoms with E-state index in [4.69, 9.17) is 4.42 Å². The van der Waals surface area contributed by atoms with Gasteiger partial charge in [-0.25, -0.2) is 9.59 Å². The number of benzene rings is 1. The molecule has 0 bridgehead atoms. The van der Waals surface area contributed by atoms with Gasteiger partial charge in [0, 0.05) is 4.88 Å². The fourth-order valence-electron chi connectivity index (χ4n) is 3.73. The number of aromatic nitrogens is 1. The van der Waals surface area contributed by atoms with Crippen LogP contribution in [0.1, 0.15) is 39.7 Å². The van der Waals surface area contributed by atoms with Crippen LogP contribution in [0.15, 0.2) is 27.4 Å². The number of carbonyl (C=O) groups is 2. The van der Waals surface area contributed by atoms with E-state index in [0.29, 0.717) is 22.0 Å². The van der Waals surface area contributed by atoms with Crippen LogP contribution in [0.2, 0.25) is 0 Å².